The van der Waals surface area contributed by atoms with Crippen LogP contribution in [-0.2, 0) is 19.1 Å². The number of ether oxygens (including phenoxy) is 2. The van der Waals surface area contributed by atoms with Crippen molar-refractivity contribution in [2.24, 2.45) is 0 Å². The van der Waals surface area contributed by atoms with E-state index >= 15 is 0 Å². The molecule has 0 saturated carbocycles. The number of allylic oxidation sites excluding steroid dienone is 6. The quantitative estimate of drug-likeness (QED) is 0.551. The summed E-state index contributed by atoms with van der Waals surface area (Å²) >= 11 is 0. The zero-order valence-corrected chi connectivity index (χ0v) is 15.7. The Kier molecular flexibility index (Phi) is 5.30. The molecular formula is C22H26O4. The van der Waals surface area contributed by atoms with Gasteiger partial charge in [0.2, 0.25) is 0 Å². The van der Waals surface area contributed by atoms with Crippen LogP contribution in [0.4, 0.5) is 0 Å². The topological polar surface area (TPSA) is 52.6 Å². The van der Waals surface area contributed by atoms with E-state index in [1.165, 1.54) is 22.3 Å². The Hall–Kier alpha value is -2.36. The molecule has 0 radical (unpaired) electrons. The lowest BCUT2D eigenvalue weighted by atomic mass is 9.71. The Labute approximate surface area is 154 Å². The predicted octanol–water partition coefficient (Wildman–Crippen LogP) is 4.50. The average Bonchev–Trinajstić information content (AvgIpc) is 2.60. The van der Waals surface area contributed by atoms with Crippen LogP contribution in [0.2, 0.25) is 0 Å². The minimum atomic E-state index is -0.400. The van der Waals surface area contributed by atoms with Crippen LogP contribution in [0.25, 0.3) is 0 Å². The van der Waals surface area contributed by atoms with E-state index < -0.39 is 11.9 Å². The summed E-state index contributed by atoms with van der Waals surface area (Å²) in [6.45, 7) is 12.4. The Morgan fingerprint density at radius 1 is 0.692 bits per heavy atom. The summed E-state index contributed by atoms with van der Waals surface area (Å²) in [6.07, 6.45) is 4.41. The molecule has 3 aliphatic rings. The number of rotatable bonds is 4. The van der Waals surface area contributed by atoms with Crippen LogP contribution < -0.4 is 0 Å². The van der Waals surface area contributed by atoms with Gasteiger partial charge in [-0.15, -0.1) is 0 Å². The second kappa shape index (κ2) is 7.48. The van der Waals surface area contributed by atoms with Crippen molar-refractivity contribution in [3.63, 3.8) is 0 Å². The summed E-state index contributed by atoms with van der Waals surface area (Å²) in [5.74, 6) is -0.799. The Morgan fingerprint density at radius 3 is 1.38 bits per heavy atom. The van der Waals surface area contributed by atoms with Crippen molar-refractivity contribution < 1.29 is 19.1 Å². The molecule has 4 nitrogen and oxygen atoms in total. The standard InChI is InChI=1S/C22H26O4/c1-5-25-21(23)19-11-17-9-15-7-13(3)14(4)8-16(15)10-18(17)12-20(19)22(24)26-6-2/h3-12H2,1-2H3. The Balaban J connectivity index is 1.87. The molecule has 0 bridgehead atoms. The second-order valence-corrected chi connectivity index (χ2v) is 7.08. The molecule has 0 spiro atoms. The van der Waals surface area contributed by atoms with Gasteiger partial charge in [0.05, 0.1) is 24.4 Å². The highest BCUT2D eigenvalue weighted by molar-refractivity contribution is 6.01. The van der Waals surface area contributed by atoms with Crippen molar-refractivity contribution in [3.05, 3.63) is 57.7 Å². The van der Waals surface area contributed by atoms with Gasteiger partial charge in [0.1, 0.15) is 0 Å². The maximum atomic E-state index is 12.4. The van der Waals surface area contributed by atoms with Gasteiger partial charge < -0.3 is 9.47 Å². The van der Waals surface area contributed by atoms with E-state index in [9.17, 15) is 9.59 Å². The van der Waals surface area contributed by atoms with E-state index in [-0.39, 0.29) is 0 Å². The highest BCUT2D eigenvalue weighted by Crippen LogP contribution is 2.46. The van der Waals surface area contributed by atoms with Crippen molar-refractivity contribution in [3.8, 4) is 0 Å². The van der Waals surface area contributed by atoms with E-state index in [0.717, 1.165) is 36.8 Å². The van der Waals surface area contributed by atoms with Crippen molar-refractivity contribution in [2.45, 2.75) is 52.4 Å². The average molecular weight is 354 g/mol. The monoisotopic (exact) mass is 354 g/mol. The first-order chi connectivity index (χ1) is 12.4. The fourth-order valence-electron chi connectivity index (χ4n) is 4.00. The number of hydrogen-bond acceptors (Lipinski definition) is 4. The Bertz CT molecular complexity index is 725. The molecule has 4 heteroatoms. The summed E-state index contributed by atoms with van der Waals surface area (Å²) in [5.41, 5.74) is 8.46. The lowest BCUT2D eigenvalue weighted by Gasteiger charge is -2.34. The molecule has 0 atom stereocenters. The largest absolute Gasteiger partial charge is 0.463 e. The fraction of sp³-hybridized carbons (Fsp3) is 0.455. The van der Waals surface area contributed by atoms with Crippen molar-refractivity contribution in [2.75, 3.05) is 13.2 Å². The van der Waals surface area contributed by atoms with Crippen LogP contribution >= 0.6 is 0 Å². The van der Waals surface area contributed by atoms with E-state index in [4.69, 9.17) is 9.47 Å². The molecule has 0 heterocycles. The van der Waals surface area contributed by atoms with Crippen LogP contribution in [0.3, 0.4) is 0 Å². The minimum Gasteiger partial charge on any atom is -0.463 e. The van der Waals surface area contributed by atoms with Gasteiger partial charge in [-0.05, 0) is 50.7 Å². The molecule has 0 amide bonds. The minimum absolute atomic E-state index is 0.293. The molecule has 3 aliphatic carbocycles. The van der Waals surface area contributed by atoms with Crippen molar-refractivity contribution in [1.29, 1.82) is 0 Å². The van der Waals surface area contributed by atoms with Crippen LogP contribution in [0, 0.1) is 0 Å². The summed E-state index contributed by atoms with van der Waals surface area (Å²) in [6, 6.07) is 0. The molecule has 0 unspecified atom stereocenters. The first-order valence-corrected chi connectivity index (χ1v) is 9.26. The van der Waals surface area contributed by atoms with Gasteiger partial charge >= 0.3 is 11.9 Å². The predicted molar refractivity (Wildman–Crippen MR) is 100 cm³/mol. The second-order valence-electron chi connectivity index (χ2n) is 7.08. The molecule has 0 aromatic heterocycles. The van der Waals surface area contributed by atoms with Gasteiger partial charge in [-0.2, -0.15) is 0 Å². The molecule has 138 valence electrons. The third-order valence-corrected chi connectivity index (χ3v) is 5.40. The molecule has 0 fully saturated rings. The van der Waals surface area contributed by atoms with E-state index in [2.05, 4.69) is 13.2 Å². The number of esters is 2. The van der Waals surface area contributed by atoms with Gasteiger partial charge in [-0.25, -0.2) is 9.59 Å². The number of carbonyl (C=O) groups is 2. The summed E-state index contributed by atoms with van der Waals surface area (Å²) < 4.78 is 10.4. The molecule has 3 rings (SSSR count). The van der Waals surface area contributed by atoms with Gasteiger partial charge in [0.25, 0.3) is 0 Å². The fourth-order valence-corrected chi connectivity index (χ4v) is 4.00. The molecule has 0 N–H and O–H groups in total. The van der Waals surface area contributed by atoms with Crippen LogP contribution in [-0.4, -0.2) is 25.2 Å². The maximum absolute atomic E-state index is 12.4. The number of carbonyl (C=O) groups excluding carboxylic acids is 2. The van der Waals surface area contributed by atoms with E-state index in [1.807, 2.05) is 0 Å². The number of hydrogen-bond donors (Lipinski definition) is 0. The molecule has 0 aliphatic heterocycles. The molecule has 26 heavy (non-hydrogen) atoms. The van der Waals surface area contributed by atoms with Gasteiger partial charge in [0, 0.05) is 12.8 Å². The molecule has 0 aromatic rings. The third kappa shape index (κ3) is 3.46. The molecule has 0 aromatic carbocycles. The normalized spacial score (nSPS) is 20.1. The van der Waals surface area contributed by atoms with E-state index in [1.54, 1.807) is 13.8 Å². The van der Waals surface area contributed by atoms with Gasteiger partial charge in [-0.1, -0.05) is 35.5 Å². The Morgan fingerprint density at radius 2 is 1.04 bits per heavy atom. The zero-order valence-electron chi connectivity index (χ0n) is 15.7. The van der Waals surface area contributed by atoms with Crippen LogP contribution in [0.15, 0.2) is 57.7 Å². The lowest BCUT2D eigenvalue weighted by Crippen LogP contribution is -2.23. The van der Waals surface area contributed by atoms with Gasteiger partial charge in [-0.3, -0.25) is 0 Å². The summed E-state index contributed by atoms with van der Waals surface area (Å²) in [4.78, 5) is 24.8. The molecule has 0 saturated heterocycles. The van der Waals surface area contributed by atoms with Crippen molar-refractivity contribution >= 4 is 11.9 Å². The first kappa shape index (κ1) is 18.4. The van der Waals surface area contributed by atoms with Crippen LogP contribution in [0.1, 0.15) is 52.4 Å². The third-order valence-electron chi connectivity index (χ3n) is 5.40. The first-order valence-electron chi connectivity index (χ1n) is 9.26. The van der Waals surface area contributed by atoms with Crippen LogP contribution in [0.5, 0.6) is 0 Å². The van der Waals surface area contributed by atoms with Crippen molar-refractivity contribution in [1.82, 2.24) is 0 Å². The summed E-state index contributed by atoms with van der Waals surface area (Å²) in [7, 11) is 0. The van der Waals surface area contributed by atoms with E-state index in [0.29, 0.717) is 37.2 Å². The summed E-state index contributed by atoms with van der Waals surface area (Å²) in [5, 5.41) is 0. The maximum Gasteiger partial charge on any atom is 0.334 e. The van der Waals surface area contributed by atoms with Gasteiger partial charge in [0.15, 0.2) is 0 Å². The highest BCUT2D eigenvalue weighted by atomic mass is 16.5. The zero-order chi connectivity index (χ0) is 18.8. The molecular weight excluding hydrogens is 328 g/mol. The highest BCUT2D eigenvalue weighted by Gasteiger charge is 2.34. The smallest absolute Gasteiger partial charge is 0.334 e. The SMILES string of the molecule is C=C1CC2=C(CC1=C)CC1=C(C2)CC(C(=O)OCC)=C(C(=O)OCC)C1. The lowest BCUT2D eigenvalue weighted by molar-refractivity contribution is -0.142.